The summed E-state index contributed by atoms with van der Waals surface area (Å²) in [5.74, 6) is 0. The Kier molecular flexibility index (Phi) is 3.67. The quantitative estimate of drug-likeness (QED) is 0.847. The van der Waals surface area contributed by atoms with Crippen LogP contribution in [0.3, 0.4) is 0 Å². The van der Waals surface area contributed by atoms with Crippen molar-refractivity contribution in [3.8, 4) is 0 Å². The first-order valence-corrected chi connectivity index (χ1v) is 7.35. The first-order chi connectivity index (χ1) is 8.93. The van der Waals surface area contributed by atoms with Crippen LogP contribution in [-0.4, -0.2) is 21.4 Å². The number of hydrogen-bond acceptors (Lipinski definition) is 4. The van der Waals surface area contributed by atoms with Gasteiger partial charge in [0, 0.05) is 17.8 Å². The van der Waals surface area contributed by atoms with Crippen LogP contribution in [0.25, 0.3) is 0 Å². The summed E-state index contributed by atoms with van der Waals surface area (Å²) in [5, 5.41) is 3.26. The summed E-state index contributed by atoms with van der Waals surface area (Å²) in [6.07, 6.45) is 7.58. The fraction of sp³-hybridized carbons (Fsp3) is 0.429. The van der Waals surface area contributed by atoms with Gasteiger partial charge in [0.25, 0.3) is 0 Å². The molecule has 3 rings (SSSR count). The van der Waals surface area contributed by atoms with E-state index in [4.69, 9.17) is 0 Å². The Balaban J connectivity index is 1.78. The summed E-state index contributed by atoms with van der Waals surface area (Å²) in [4.78, 5) is 11.4. The third-order valence-corrected chi connectivity index (χ3v) is 4.23. The summed E-state index contributed by atoms with van der Waals surface area (Å²) < 4.78 is 0. The molecule has 1 fully saturated rings. The molecule has 2 aromatic heterocycles. The van der Waals surface area contributed by atoms with Crippen molar-refractivity contribution < 1.29 is 0 Å². The Hall–Kier alpha value is -1.26. The summed E-state index contributed by atoms with van der Waals surface area (Å²) in [7, 11) is 0. The van der Waals surface area contributed by atoms with Crippen molar-refractivity contribution >= 4 is 11.3 Å². The number of aromatic nitrogens is 2. The zero-order valence-corrected chi connectivity index (χ0v) is 11.1. The first kappa shape index (κ1) is 11.8. The maximum absolute atomic E-state index is 4.52. The second-order valence-electron chi connectivity index (χ2n) is 4.66. The van der Waals surface area contributed by atoms with Crippen LogP contribution in [-0.2, 0) is 6.54 Å². The molecule has 4 heteroatoms. The molecule has 0 saturated carbocycles. The fourth-order valence-corrected chi connectivity index (χ4v) is 3.23. The van der Waals surface area contributed by atoms with Crippen LogP contribution in [0.4, 0.5) is 0 Å². The minimum absolute atomic E-state index is 0.462. The monoisotopic (exact) mass is 259 g/mol. The van der Waals surface area contributed by atoms with E-state index in [0.29, 0.717) is 6.04 Å². The highest BCUT2D eigenvalue weighted by molar-refractivity contribution is 7.09. The summed E-state index contributed by atoms with van der Waals surface area (Å²) in [6.45, 7) is 2.11. The Bertz CT molecular complexity index is 469. The molecule has 1 atom stereocenters. The van der Waals surface area contributed by atoms with Crippen molar-refractivity contribution in [1.29, 1.82) is 0 Å². The van der Waals surface area contributed by atoms with E-state index in [1.165, 1.54) is 30.0 Å². The van der Waals surface area contributed by atoms with Crippen molar-refractivity contribution in [1.82, 2.24) is 14.9 Å². The van der Waals surface area contributed by atoms with E-state index >= 15 is 0 Å². The third kappa shape index (κ3) is 2.60. The van der Waals surface area contributed by atoms with Crippen molar-refractivity contribution in [2.45, 2.75) is 31.8 Å². The normalized spacial score (nSPS) is 21.0. The highest BCUT2D eigenvalue weighted by Gasteiger charge is 2.25. The highest BCUT2D eigenvalue weighted by Crippen LogP contribution is 2.31. The Morgan fingerprint density at radius 2 is 2.22 bits per heavy atom. The van der Waals surface area contributed by atoms with Crippen LogP contribution < -0.4 is 0 Å². The molecular formula is C14H17N3S. The van der Waals surface area contributed by atoms with Crippen LogP contribution >= 0.6 is 11.3 Å². The molecule has 1 aliphatic heterocycles. The van der Waals surface area contributed by atoms with Crippen LogP contribution in [0.1, 0.15) is 36.0 Å². The highest BCUT2D eigenvalue weighted by atomic mass is 32.1. The van der Waals surface area contributed by atoms with Gasteiger partial charge >= 0.3 is 0 Å². The van der Waals surface area contributed by atoms with Crippen molar-refractivity contribution in [3.63, 3.8) is 0 Å². The Morgan fingerprint density at radius 1 is 1.22 bits per heavy atom. The largest absolute Gasteiger partial charge is 0.288 e. The second-order valence-corrected chi connectivity index (χ2v) is 5.64. The zero-order chi connectivity index (χ0) is 12.2. The molecular weight excluding hydrogens is 242 g/mol. The summed E-state index contributed by atoms with van der Waals surface area (Å²) in [5.41, 5.74) is 1.20. The van der Waals surface area contributed by atoms with E-state index in [2.05, 4.69) is 32.4 Å². The Labute approximate surface area is 112 Å². The maximum Gasteiger partial charge on any atom is 0.107 e. The lowest BCUT2D eigenvalue weighted by molar-refractivity contribution is 0.137. The lowest BCUT2D eigenvalue weighted by atomic mass is 9.99. The number of nitrogens with zero attached hydrogens (tertiary/aromatic N) is 3. The number of hydrogen-bond donors (Lipinski definition) is 0. The zero-order valence-electron chi connectivity index (χ0n) is 10.3. The number of pyridine rings is 1. The van der Waals surface area contributed by atoms with E-state index in [9.17, 15) is 0 Å². The smallest absolute Gasteiger partial charge is 0.107 e. The van der Waals surface area contributed by atoms with Gasteiger partial charge in [-0.25, -0.2) is 4.98 Å². The topological polar surface area (TPSA) is 29.0 Å². The molecule has 18 heavy (non-hydrogen) atoms. The number of likely N-dealkylation sites (tertiary alicyclic amines) is 1. The van der Waals surface area contributed by atoms with Gasteiger partial charge in [-0.05, 0) is 31.5 Å². The molecule has 1 aliphatic rings. The molecule has 0 amide bonds. The van der Waals surface area contributed by atoms with Gasteiger partial charge in [0.2, 0.25) is 0 Å². The van der Waals surface area contributed by atoms with Crippen LogP contribution in [0.5, 0.6) is 0 Å². The van der Waals surface area contributed by atoms with Gasteiger partial charge in [0.15, 0.2) is 0 Å². The van der Waals surface area contributed by atoms with E-state index in [-0.39, 0.29) is 0 Å². The molecule has 0 bridgehead atoms. The maximum atomic E-state index is 4.52. The first-order valence-electron chi connectivity index (χ1n) is 6.47. The lowest BCUT2D eigenvalue weighted by Crippen LogP contribution is -2.33. The number of thiazole rings is 1. The molecule has 2 aromatic rings. The average Bonchev–Trinajstić information content (AvgIpc) is 2.93. The average molecular weight is 259 g/mol. The molecule has 3 heterocycles. The number of rotatable bonds is 3. The molecule has 94 valence electrons. The van der Waals surface area contributed by atoms with Gasteiger partial charge in [-0.15, -0.1) is 11.3 Å². The van der Waals surface area contributed by atoms with Gasteiger partial charge < -0.3 is 0 Å². The lowest BCUT2D eigenvalue weighted by Gasteiger charge is -2.34. The van der Waals surface area contributed by atoms with Crippen molar-refractivity contribution in [3.05, 3.63) is 46.7 Å². The van der Waals surface area contributed by atoms with Crippen molar-refractivity contribution in [2.75, 3.05) is 6.54 Å². The van der Waals surface area contributed by atoms with E-state index in [1.54, 1.807) is 11.3 Å². The minimum atomic E-state index is 0.462. The van der Waals surface area contributed by atoms with Gasteiger partial charge in [0.05, 0.1) is 18.3 Å². The van der Waals surface area contributed by atoms with Gasteiger partial charge in [-0.2, -0.15) is 0 Å². The SMILES string of the molecule is c1ccc(C2CCCCN2Cc2nccs2)nc1. The standard InChI is InChI=1S/C14H17N3S/c1-3-7-15-12(5-1)13-6-2-4-9-17(13)11-14-16-8-10-18-14/h1,3,5,7-8,10,13H,2,4,6,9,11H2. The molecule has 1 saturated heterocycles. The summed E-state index contributed by atoms with van der Waals surface area (Å²) >= 11 is 1.74. The van der Waals surface area contributed by atoms with Crippen LogP contribution in [0.2, 0.25) is 0 Å². The molecule has 0 spiro atoms. The molecule has 0 N–H and O–H groups in total. The fourth-order valence-electron chi connectivity index (χ4n) is 2.59. The molecule has 0 radical (unpaired) electrons. The van der Waals surface area contributed by atoms with E-state index in [0.717, 1.165) is 13.1 Å². The minimum Gasteiger partial charge on any atom is -0.288 e. The van der Waals surface area contributed by atoms with Crippen LogP contribution in [0.15, 0.2) is 36.0 Å². The van der Waals surface area contributed by atoms with Crippen molar-refractivity contribution in [2.24, 2.45) is 0 Å². The second kappa shape index (κ2) is 5.59. The third-order valence-electron chi connectivity index (χ3n) is 3.46. The van der Waals surface area contributed by atoms with Gasteiger partial charge in [0.1, 0.15) is 5.01 Å². The molecule has 1 unspecified atom stereocenters. The van der Waals surface area contributed by atoms with E-state index < -0.39 is 0 Å². The Morgan fingerprint density at radius 3 is 3.00 bits per heavy atom. The summed E-state index contributed by atoms with van der Waals surface area (Å²) in [6, 6.07) is 6.67. The molecule has 0 aliphatic carbocycles. The van der Waals surface area contributed by atoms with Gasteiger partial charge in [-0.1, -0.05) is 12.5 Å². The predicted molar refractivity (Wildman–Crippen MR) is 73.4 cm³/mol. The number of piperidine rings is 1. The van der Waals surface area contributed by atoms with Gasteiger partial charge in [-0.3, -0.25) is 9.88 Å². The van der Waals surface area contributed by atoms with Crippen LogP contribution in [0, 0.1) is 0 Å². The molecule has 3 nitrogen and oxygen atoms in total. The van der Waals surface area contributed by atoms with E-state index in [1.807, 2.05) is 18.5 Å². The molecule has 0 aromatic carbocycles. The predicted octanol–water partition coefficient (Wildman–Crippen LogP) is 3.27.